The lowest BCUT2D eigenvalue weighted by atomic mass is 10.1. The molecule has 0 saturated carbocycles. The zero-order valence-electron chi connectivity index (χ0n) is 14.7. The van der Waals surface area contributed by atoms with Crippen molar-refractivity contribution in [1.82, 2.24) is 24.8 Å². The second kappa shape index (κ2) is 6.46. The van der Waals surface area contributed by atoms with Crippen LogP contribution in [0.25, 0.3) is 11.0 Å². The average Bonchev–Trinajstić information content (AvgIpc) is 2.90. The van der Waals surface area contributed by atoms with Gasteiger partial charge in [-0.15, -0.1) is 5.10 Å². The number of amides is 1. The Labute approximate surface area is 144 Å². The topological polar surface area (TPSA) is 94.7 Å². The van der Waals surface area contributed by atoms with Crippen LogP contribution in [0.4, 0.5) is 5.69 Å². The van der Waals surface area contributed by atoms with E-state index in [0.717, 1.165) is 15.8 Å². The molecule has 0 spiro atoms. The summed E-state index contributed by atoms with van der Waals surface area (Å²) in [5.41, 5.74) is 4.03. The van der Waals surface area contributed by atoms with E-state index in [1.165, 1.54) is 0 Å². The zero-order valence-corrected chi connectivity index (χ0v) is 14.7. The molecular weight excluding hydrogens is 320 g/mol. The van der Waals surface area contributed by atoms with Gasteiger partial charge in [-0.3, -0.25) is 14.3 Å². The highest BCUT2D eigenvalue weighted by Crippen LogP contribution is 2.14. The van der Waals surface area contributed by atoms with Crippen molar-refractivity contribution in [3.63, 3.8) is 0 Å². The molecule has 0 aliphatic heterocycles. The summed E-state index contributed by atoms with van der Waals surface area (Å²) < 4.78 is 2.64. The molecule has 0 aliphatic carbocycles. The minimum Gasteiger partial charge on any atom is -0.324 e. The largest absolute Gasteiger partial charge is 0.324 e. The average molecular weight is 340 g/mol. The van der Waals surface area contributed by atoms with Gasteiger partial charge in [0.1, 0.15) is 12.1 Å². The van der Waals surface area contributed by atoms with Crippen LogP contribution < -0.4 is 10.9 Å². The molecule has 0 radical (unpaired) electrons. The summed E-state index contributed by atoms with van der Waals surface area (Å²) in [5.74, 6) is -0.335. The number of carbonyl (C=O) groups is 1. The van der Waals surface area contributed by atoms with E-state index in [9.17, 15) is 9.59 Å². The van der Waals surface area contributed by atoms with Crippen molar-refractivity contribution < 1.29 is 4.79 Å². The minimum atomic E-state index is -0.373. The van der Waals surface area contributed by atoms with Crippen LogP contribution in [0.1, 0.15) is 23.7 Å². The standard InChI is InChI=1S/C17H20N6O2/c1-5-22-16-15(12(4)20-22)19-21-23(17(16)25)9-14(24)18-13-7-6-10(2)11(3)8-13/h6-8H,5,9H2,1-4H3,(H,18,24). The number of aromatic nitrogens is 5. The Hall–Kier alpha value is -3.03. The van der Waals surface area contributed by atoms with E-state index >= 15 is 0 Å². The molecule has 8 nitrogen and oxygen atoms in total. The van der Waals surface area contributed by atoms with E-state index in [-0.39, 0.29) is 18.0 Å². The second-order valence-corrected chi connectivity index (χ2v) is 6.00. The Morgan fingerprint density at radius 2 is 1.92 bits per heavy atom. The van der Waals surface area contributed by atoms with Crippen molar-refractivity contribution in [2.75, 3.05) is 5.32 Å². The van der Waals surface area contributed by atoms with Crippen molar-refractivity contribution in [2.24, 2.45) is 0 Å². The molecule has 3 aromatic rings. The molecule has 130 valence electrons. The first-order valence-electron chi connectivity index (χ1n) is 8.08. The van der Waals surface area contributed by atoms with Crippen LogP contribution >= 0.6 is 0 Å². The summed E-state index contributed by atoms with van der Waals surface area (Å²) in [7, 11) is 0. The summed E-state index contributed by atoms with van der Waals surface area (Å²) in [6.07, 6.45) is 0. The quantitative estimate of drug-likeness (QED) is 0.778. The number of fused-ring (bicyclic) bond motifs is 1. The van der Waals surface area contributed by atoms with Crippen molar-refractivity contribution in [1.29, 1.82) is 0 Å². The predicted molar refractivity (Wildman–Crippen MR) is 94.5 cm³/mol. The van der Waals surface area contributed by atoms with Gasteiger partial charge in [0.2, 0.25) is 5.91 Å². The van der Waals surface area contributed by atoms with Gasteiger partial charge >= 0.3 is 0 Å². The number of nitrogens with zero attached hydrogens (tertiary/aromatic N) is 5. The molecule has 2 heterocycles. The third-order valence-electron chi connectivity index (χ3n) is 4.17. The highest BCUT2D eigenvalue weighted by atomic mass is 16.2. The summed E-state index contributed by atoms with van der Waals surface area (Å²) in [5, 5.41) is 15.0. The smallest absolute Gasteiger partial charge is 0.296 e. The highest BCUT2D eigenvalue weighted by molar-refractivity contribution is 5.90. The lowest BCUT2D eigenvalue weighted by molar-refractivity contribution is -0.117. The lowest BCUT2D eigenvalue weighted by Gasteiger charge is -2.08. The number of hydrogen-bond acceptors (Lipinski definition) is 5. The Balaban J connectivity index is 1.87. The van der Waals surface area contributed by atoms with E-state index in [1.807, 2.05) is 39.0 Å². The van der Waals surface area contributed by atoms with E-state index < -0.39 is 0 Å². The Morgan fingerprint density at radius 1 is 1.16 bits per heavy atom. The van der Waals surface area contributed by atoms with Gasteiger partial charge in [0.25, 0.3) is 5.56 Å². The molecule has 25 heavy (non-hydrogen) atoms. The number of anilines is 1. The van der Waals surface area contributed by atoms with Gasteiger partial charge in [-0.2, -0.15) is 9.78 Å². The van der Waals surface area contributed by atoms with Crippen molar-refractivity contribution in [2.45, 2.75) is 40.8 Å². The Morgan fingerprint density at radius 3 is 2.60 bits per heavy atom. The highest BCUT2D eigenvalue weighted by Gasteiger charge is 2.16. The van der Waals surface area contributed by atoms with Crippen LogP contribution in [0.3, 0.4) is 0 Å². The maximum Gasteiger partial charge on any atom is 0.296 e. The lowest BCUT2D eigenvalue weighted by Crippen LogP contribution is -2.31. The molecular formula is C17H20N6O2. The Bertz CT molecular complexity index is 1020. The summed E-state index contributed by atoms with van der Waals surface area (Å²) in [6.45, 7) is 7.98. The molecule has 0 fully saturated rings. The molecule has 0 atom stereocenters. The number of aryl methyl sites for hydroxylation is 4. The monoisotopic (exact) mass is 340 g/mol. The molecule has 1 N–H and O–H groups in total. The Kier molecular flexibility index (Phi) is 4.35. The van der Waals surface area contributed by atoms with Gasteiger partial charge in [0.05, 0.1) is 5.69 Å². The van der Waals surface area contributed by atoms with Gasteiger partial charge in [-0.05, 0) is 51.0 Å². The fourth-order valence-electron chi connectivity index (χ4n) is 2.65. The van der Waals surface area contributed by atoms with Crippen LogP contribution in [0, 0.1) is 20.8 Å². The van der Waals surface area contributed by atoms with E-state index in [2.05, 4.69) is 20.7 Å². The van der Waals surface area contributed by atoms with Gasteiger partial charge < -0.3 is 5.32 Å². The number of benzene rings is 1. The molecule has 3 rings (SSSR count). The van der Waals surface area contributed by atoms with E-state index in [4.69, 9.17) is 0 Å². The number of rotatable bonds is 4. The number of carbonyl (C=O) groups excluding carboxylic acids is 1. The van der Waals surface area contributed by atoms with Gasteiger partial charge in [0, 0.05) is 12.2 Å². The third kappa shape index (κ3) is 3.15. The first kappa shape index (κ1) is 16.8. The van der Waals surface area contributed by atoms with Crippen LogP contribution in [0.2, 0.25) is 0 Å². The second-order valence-electron chi connectivity index (χ2n) is 6.00. The molecule has 1 amide bonds. The molecule has 0 saturated heterocycles. The summed E-state index contributed by atoms with van der Waals surface area (Å²) >= 11 is 0. The maximum absolute atomic E-state index is 12.6. The normalized spacial score (nSPS) is 11.0. The van der Waals surface area contributed by atoms with Crippen LogP contribution in [-0.2, 0) is 17.9 Å². The van der Waals surface area contributed by atoms with Crippen molar-refractivity contribution >= 4 is 22.6 Å². The third-order valence-corrected chi connectivity index (χ3v) is 4.17. The fraction of sp³-hybridized carbons (Fsp3) is 0.353. The summed E-state index contributed by atoms with van der Waals surface area (Å²) in [6, 6.07) is 5.65. The number of nitrogens with one attached hydrogen (secondary N) is 1. The number of hydrogen-bond donors (Lipinski definition) is 1. The molecule has 0 unspecified atom stereocenters. The van der Waals surface area contributed by atoms with Gasteiger partial charge in [-0.25, -0.2) is 0 Å². The zero-order chi connectivity index (χ0) is 18.1. The van der Waals surface area contributed by atoms with Crippen molar-refractivity contribution in [3.05, 3.63) is 45.4 Å². The van der Waals surface area contributed by atoms with Gasteiger partial charge in [0.15, 0.2) is 5.52 Å². The predicted octanol–water partition coefficient (Wildman–Crippen LogP) is 1.57. The van der Waals surface area contributed by atoms with Crippen LogP contribution in [-0.4, -0.2) is 30.7 Å². The molecule has 2 aromatic heterocycles. The van der Waals surface area contributed by atoms with E-state index in [0.29, 0.717) is 29.0 Å². The minimum absolute atomic E-state index is 0.206. The molecule has 8 heteroatoms. The molecule has 1 aromatic carbocycles. The van der Waals surface area contributed by atoms with E-state index in [1.54, 1.807) is 11.6 Å². The SMILES string of the molecule is CCn1nc(C)c2nnn(CC(=O)Nc3ccc(C)c(C)c3)c(=O)c21. The fourth-order valence-corrected chi connectivity index (χ4v) is 2.65. The summed E-state index contributed by atoms with van der Waals surface area (Å²) in [4.78, 5) is 24.9. The molecule has 0 aliphatic rings. The maximum atomic E-state index is 12.6. The van der Waals surface area contributed by atoms with Crippen LogP contribution in [0.5, 0.6) is 0 Å². The first-order valence-corrected chi connectivity index (χ1v) is 8.08. The van der Waals surface area contributed by atoms with Crippen molar-refractivity contribution in [3.8, 4) is 0 Å². The molecule has 0 bridgehead atoms. The van der Waals surface area contributed by atoms with Crippen LogP contribution in [0.15, 0.2) is 23.0 Å². The first-order chi connectivity index (χ1) is 11.9. The van der Waals surface area contributed by atoms with Gasteiger partial charge in [-0.1, -0.05) is 11.3 Å².